The van der Waals surface area contributed by atoms with Crippen molar-refractivity contribution in [2.45, 2.75) is 4.90 Å². The van der Waals surface area contributed by atoms with Gasteiger partial charge in [-0.25, -0.2) is 18.4 Å². The third kappa shape index (κ3) is 2.80. The van der Waals surface area contributed by atoms with Crippen LogP contribution in [0.5, 0.6) is 0 Å². The van der Waals surface area contributed by atoms with Crippen LogP contribution >= 0.6 is 23.2 Å². The van der Waals surface area contributed by atoms with E-state index in [4.69, 9.17) is 23.2 Å². The number of aromatic nitrogens is 2. The van der Waals surface area contributed by atoms with Gasteiger partial charge in [-0.1, -0.05) is 29.8 Å². The van der Waals surface area contributed by atoms with Gasteiger partial charge < -0.3 is 0 Å². The van der Waals surface area contributed by atoms with Crippen LogP contribution in [0.3, 0.4) is 0 Å². The molecular formula is C11H8Cl2N2O2S. The molecule has 0 saturated heterocycles. The molecule has 0 saturated carbocycles. The molecule has 0 aliphatic carbocycles. The molecule has 2 aromatic rings. The SMILES string of the molecule is CS(=O)(=O)c1ccccc1-c1cc(Cl)nc(Cl)n1. The Morgan fingerprint density at radius 2 is 1.78 bits per heavy atom. The second-order valence-electron chi connectivity index (χ2n) is 3.61. The normalized spacial score (nSPS) is 11.5. The predicted octanol–water partition coefficient (Wildman–Crippen LogP) is 2.85. The lowest BCUT2D eigenvalue weighted by atomic mass is 10.1. The summed E-state index contributed by atoms with van der Waals surface area (Å²) in [5, 5.41) is 0.133. The zero-order valence-corrected chi connectivity index (χ0v) is 11.6. The second kappa shape index (κ2) is 4.84. The van der Waals surface area contributed by atoms with E-state index >= 15 is 0 Å². The molecule has 0 radical (unpaired) electrons. The van der Waals surface area contributed by atoms with E-state index in [0.717, 1.165) is 6.26 Å². The van der Waals surface area contributed by atoms with Gasteiger partial charge in [-0.3, -0.25) is 0 Å². The van der Waals surface area contributed by atoms with Crippen LogP contribution in [0.1, 0.15) is 0 Å². The minimum Gasteiger partial charge on any atom is -0.224 e. The van der Waals surface area contributed by atoms with Crippen LogP contribution in [0.15, 0.2) is 35.2 Å². The van der Waals surface area contributed by atoms with Crippen molar-refractivity contribution in [1.29, 1.82) is 0 Å². The molecule has 0 spiro atoms. The summed E-state index contributed by atoms with van der Waals surface area (Å²) < 4.78 is 23.4. The van der Waals surface area contributed by atoms with Gasteiger partial charge in [0, 0.05) is 17.9 Å². The summed E-state index contributed by atoms with van der Waals surface area (Å²) in [5.74, 6) is 0. The molecule has 0 N–H and O–H groups in total. The number of rotatable bonds is 2. The quantitative estimate of drug-likeness (QED) is 0.632. The molecule has 2 rings (SSSR count). The van der Waals surface area contributed by atoms with Gasteiger partial charge in [0.2, 0.25) is 5.28 Å². The first kappa shape index (κ1) is 13.3. The molecule has 94 valence electrons. The van der Waals surface area contributed by atoms with Gasteiger partial charge in [0.1, 0.15) is 5.15 Å². The van der Waals surface area contributed by atoms with Gasteiger partial charge in [-0.2, -0.15) is 0 Å². The Morgan fingerprint density at radius 1 is 1.11 bits per heavy atom. The van der Waals surface area contributed by atoms with Crippen molar-refractivity contribution in [2.24, 2.45) is 0 Å². The van der Waals surface area contributed by atoms with E-state index in [1.54, 1.807) is 18.2 Å². The summed E-state index contributed by atoms with van der Waals surface area (Å²) in [5.41, 5.74) is 0.826. The van der Waals surface area contributed by atoms with Gasteiger partial charge in [-0.15, -0.1) is 0 Å². The van der Waals surface area contributed by atoms with Crippen molar-refractivity contribution in [3.63, 3.8) is 0 Å². The smallest absolute Gasteiger partial charge is 0.224 e. The van der Waals surface area contributed by atoms with Gasteiger partial charge in [-0.05, 0) is 17.7 Å². The fourth-order valence-electron chi connectivity index (χ4n) is 1.53. The summed E-state index contributed by atoms with van der Waals surface area (Å²) in [6.45, 7) is 0. The molecule has 0 aliphatic rings. The predicted molar refractivity (Wildman–Crippen MR) is 70.6 cm³/mol. The molecule has 0 atom stereocenters. The second-order valence-corrected chi connectivity index (χ2v) is 6.32. The van der Waals surface area contributed by atoms with Crippen molar-refractivity contribution >= 4 is 33.0 Å². The Bertz CT molecular complexity index is 682. The van der Waals surface area contributed by atoms with E-state index in [-0.39, 0.29) is 15.3 Å². The van der Waals surface area contributed by atoms with Crippen LogP contribution < -0.4 is 0 Å². The number of hydrogen-bond acceptors (Lipinski definition) is 4. The summed E-state index contributed by atoms with van der Waals surface area (Å²) in [4.78, 5) is 7.88. The van der Waals surface area contributed by atoms with Gasteiger partial charge in [0.25, 0.3) is 0 Å². The molecule has 0 fully saturated rings. The van der Waals surface area contributed by atoms with E-state index in [1.165, 1.54) is 12.1 Å². The average molecular weight is 303 g/mol. The molecule has 0 amide bonds. The Balaban J connectivity index is 2.72. The van der Waals surface area contributed by atoms with Crippen LogP contribution in [0.25, 0.3) is 11.3 Å². The van der Waals surface area contributed by atoms with E-state index in [1.807, 2.05) is 0 Å². The van der Waals surface area contributed by atoms with Crippen molar-refractivity contribution in [3.8, 4) is 11.3 Å². The molecule has 7 heteroatoms. The summed E-state index contributed by atoms with van der Waals surface area (Å²) in [6.07, 6.45) is 1.14. The molecule has 1 aromatic carbocycles. The molecule has 1 aromatic heterocycles. The third-order valence-electron chi connectivity index (χ3n) is 2.23. The van der Waals surface area contributed by atoms with Crippen LogP contribution in [-0.2, 0) is 9.84 Å². The standard InChI is InChI=1S/C11H8Cl2N2O2S/c1-18(16,17)9-5-3-2-4-7(9)8-6-10(12)15-11(13)14-8/h2-6H,1H3. The van der Waals surface area contributed by atoms with E-state index in [9.17, 15) is 8.42 Å². The van der Waals surface area contributed by atoms with Crippen molar-refractivity contribution in [1.82, 2.24) is 9.97 Å². The molecule has 1 heterocycles. The lowest BCUT2D eigenvalue weighted by molar-refractivity contribution is 0.602. The number of halogens is 2. The first-order chi connectivity index (χ1) is 8.38. The fourth-order valence-corrected chi connectivity index (χ4v) is 2.84. The first-order valence-electron chi connectivity index (χ1n) is 4.87. The summed E-state index contributed by atoms with van der Waals surface area (Å²) >= 11 is 11.5. The highest BCUT2D eigenvalue weighted by atomic mass is 35.5. The highest BCUT2D eigenvalue weighted by molar-refractivity contribution is 7.90. The zero-order valence-electron chi connectivity index (χ0n) is 9.26. The van der Waals surface area contributed by atoms with Gasteiger partial charge in [0.05, 0.1) is 10.6 Å². The molecule has 18 heavy (non-hydrogen) atoms. The Hall–Kier alpha value is -1.17. The maximum atomic E-state index is 11.7. The highest BCUT2D eigenvalue weighted by Gasteiger charge is 2.15. The Labute approximate surface area is 115 Å². The number of hydrogen-bond donors (Lipinski definition) is 0. The molecular weight excluding hydrogens is 295 g/mol. The van der Waals surface area contributed by atoms with Crippen molar-refractivity contribution in [3.05, 3.63) is 40.8 Å². The van der Waals surface area contributed by atoms with Crippen LogP contribution in [0, 0.1) is 0 Å². The van der Waals surface area contributed by atoms with Crippen LogP contribution in [-0.4, -0.2) is 24.6 Å². The first-order valence-corrected chi connectivity index (χ1v) is 7.52. The lowest BCUT2D eigenvalue weighted by Crippen LogP contribution is -2.01. The summed E-state index contributed by atoms with van der Waals surface area (Å²) in [6, 6.07) is 7.98. The zero-order chi connectivity index (χ0) is 13.3. The Morgan fingerprint density at radius 3 is 2.39 bits per heavy atom. The topological polar surface area (TPSA) is 59.9 Å². The van der Waals surface area contributed by atoms with E-state index < -0.39 is 9.84 Å². The monoisotopic (exact) mass is 302 g/mol. The Kier molecular flexibility index (Phi) is 3.56. The van der Waals surface area contributed by atoms with E-state index in [2.05, 4.69) is 9.97 Å². The lowest BCUT2D eigenvalue weighted by Gasteiger charge is -2.07. The maximum Gasteiger partial charge on any atom is 0.224 e. The van der Waals surface area contributed by atoms with Crippen molar-refractivity contribution < 1.29 is 8.42 Å². The van der Waals surface area contributed by atoms with E-state index in [0.29, 0.717) is 11.3 Å². The molecule has 4 nitrogen and oxygen atoms in total. The highest BCUT2D eigenvalue weighted by Crippen LogP contribution is 2.27. The largest absolute Gasteiger partial charge is 0.224 e. The van der Waals surface area contributed by atoms with Crippen LogP contribution in [0.2, 0.25) is 10.4 Å². The average Bonchev–Trinajstić information content (AvgIpc) is 2.26. The van der Waals surface area contributed by atoms with Gasteiger partial charge in [0.15, 0.2) is 9.84 Å². The summed E-state index contributed by atoms with van der Waals surface area (Å²) in [7, 11) is -3.35. The van der Waals surface area contributed by atoms with Crippen LogP contribution in [0.4, 0.5) is 0 Å². The number of benzene rings is 1. The minimum atomic E-state index is -3.35. The third-order valence-corrected chi connectivity index (χ3v) is 3.75. The minimum absolute atomic E-state index is 0.0270. The number of sulfone groups is 1. The fraction of sp³-hybridized carbons (Fsp3) is 0.0909. The van der Waals surface area contributed by atoms with Crippen molar-refractivity contribution in [2.75, 3.05) is 6.26 Å². The molecule has 0 unspecified atom stereocenters. The molecule has 0 aliphatic heterocycles. The molecule has 0 bridgehead atoms. The number of nitrogens with zero attached hydrogens (tertiary/aromatic N) is 2. The maximum absolute atomic E-state index is 11.7. The van der Waals surface area contributed by atoms with Gasteiger partial charge >= 0.3 is 0 Å².